The van der Waals surface area contributed by atoms with Crippen LogP contribution in [-0.4, -0.2) is 19.5 Å². The second kappa shape index (κ2) is 17.7. The van der Waals surface area contributed by atoms with Crippen molar-refractivity contribution in [3.63, 3.8) is 0 Å². The Balaban J connectivity index is 1.04. The minimum atomic E-state index is 0.506. The number of benzene rings is 10. The van der Waals surface area contributed by atoms with Gasteiger partial charge in [-0.25, -0.2) is 15.0 Å². The quantitative estimate of drug-likeness (QED) is 0.137. The zero-order chi connectivity index (χ0) is 46.4. The summed E-state index contributed by atoms with van der Waals surface area (Å²) in [5.74, 6) is 2.05. The lowest BCUT2D eigenvalue weighted by Gasteiger charge is -2.19. The molecule has 0 amide bonds. The van der Waals surface area contributed by atoms with Crippen molar-refractivity contribution in [3.05, 3.63) is 265 Å². The van der Waals surface area contributed by atoms with E-state index in [4.69, 9.17) is 15.0 Å². The molecule has 0 aliphatic rings. The number of rotatable bonds is 10. The molecule has 330 valence electrons. The largest absolute Gasteiger partial charge is 0.309 e. The molecule has 0 aliphatic heterocycles. The molecule has 70 heavy (non-hydrogen) atoms. The number of aromatic nitrogens is 4. The van der Waals surface area contributed by atoms with Crippen LogP contribution in [0.5, 0.6) is 0 Å². The van der Waals surface area contributed by atoms with Gasteiger partial charge in [0.1, 0.15) is 5.82 Å². The van der Waals surface area contributed by atoms with E-state index in [1.807, 2.05) is 47.7 Å². The fourth-order valence-corrected chi connectivity index (χ4v) is 11.6. The summed E-state index contributed by atoms with van der Waals surface area (Å²) in [5, 5.41) is 5.12. The van der Waals surface area contributed by atoms with Crippen LogP contribution in [0.1, 0.15) is 22.5 Å². The maximum atomic E-state index is 5.26. The van der Waals surface area contributed by atoms with E-state index in [2.05, 4.69) is 211 Å². The van der Waals surface area contributed by atoms with Crippen LogP contribution in [0.3, 0.4) is 0 Å². The first-order valence-corrected chi connectivity index (χ1v) is 24.7. The van der Waals surface area contributed by atoms with Crippen LogP contribution in [0.4, 0.5) is 0 Å². The molecule has 5 heteroatoms. The van der Waals surface area contributed by atoms with E-state index in [-0.39, 0.29) is 0 Å². The molecule has 0 fully saturated rings. The second-order valence-electron chi connectivity index (χ2n) is 17.8. The highest BCUT2D eigenvalue weighted by Crippen LogP contribution is 2.46. The van der Waals surface area contributed by atoms with Gasteiger partial charge in [-0.05, 0) is 86.8 Å². The zero-order valence-corrected chi connectivity index (χ0v) is 39.0. The highest BCUT2D eigenvalue weighted by Gasteiger charge is 2.22. The molecule has 0 N–H and O–H groups in total. The molecule has 3 heterocycles. The van der Waals surface area contributed by atoms with Gasteiger partial charge < -0.3 is 4.57 Å². The molecule has 0 aliphatic carbocycles. The Kier molecular flexibility index (Phi) is 10.5. The molecule has 0 unspecified atom stereocenters. The van der Waals surface area contributed by atoms with Crippen molar-refractivity contribution in [2.24, 2.45) is 0 Å². The average molecular weight is 913 g/mol. The van der Waals surface area contributed by atoms with E-state index in [1.54, 1.807) is 0 Å². The molecule has 0 atom stereocenters. The number of nitrogens with zero attached hydrogens (tertiary/aromatic N) is 4. The molecule has 0 spiro atoms. The Hall–Kier alpha value is -8.77. The smallest absolute Gasteiger partial charge is 0.163 e. The molecule has 0 saturated heterocycles. The van der Waals surface area contributed by atoms with E-state index < -0.39 is 0 Å². The summed E-state index contributed by atoms with van der Waals surface area (Å²) in [7, 11) is 0. The van der Waals surface area contributed by atoms with Crippen LogP contribution < -0.4 is 0 Å². The summed E-state index contributed by atoms with van der Waals surface area (Å²) in [6, 6.07) is 87.0. The van der Waals surface area contributed by atoms with Crippen LogP contribution in [0.25, 0.3) is 104 Å². The zero-order valence-electron chi connectivity index (χ0n) is 38.2. The van der Waals surface area contributed by atoms with Crippen LogP contribution in [0.15, 0.2) is 243 Å². The minimum absolute atomic E-state index is 0.506. The van der Waals surface area contributed by atoms with Crippen molar-refractivity contribution in [2.45, 2.75) is 12.8 Å². The average Bonchev–Trinajstić information content (AvgIpc) is 3.99. The van der Waals surface area contributed by atoms with Gasteiger partial charge in [0, 0.05) is 54.2 Å². The third-order valence-electron chi connectivity index (χ3n) is 13.6. The van der Waals surface area contributed by atoms with Gasteiger partial charge in [-0.1, -0.05) is 212 Å². The highest BCUT2D eigenvalue weighted by molar-refractivity contribution is 7.26. The Bertz CT molecular complexity index is 3920. The number of fused-ring (bicyclic) bond motifs is 7. The van der Waals surface area contributed by atoms with Crippen molar-refractivity contribution in [1.29, 1.82) is 0 Å². The summed E-state index contributed by atoms with van der Waals surface area (Å²) >= 11 is 1.88. The van der Waals surface area contributed by atoms with Gasteiger partial charge in [0.2, 0.25) is 0 Å². The lowest BCUT2D eigenvalue weighted by molar-refractivity contribution is 0.923. The van der Waals surface area contributed by atoms with Gasteiger partial charge in [-0.2, -0.15) is 0 Å². The summed E-state index contributed by atoms with van der Waals surface area (Å²) < 4.78 is 5.04. The highest BCUT2D eigenvalue weighted by atomic mass is 32.1. The molecule has 3 aromatic heterocycles. The van der Waals surface area contributed by atoms with Crippen LogP contribution in [0, 0.1) is 0 Å². The fraction of sp³-hybridized carbons (Fsp3) is 0.0308. The molecule has 0 radical (unpaired) electrons. The maximum Gasteiger partial charge on any atom is 0.163 e. The first-order chi connectivity index (χ1) is 34.7. The second-order valence-corrected chi connectivity index (χ2v) is 18.9. The first kappa shape index (κ1) is 41.4. The normalized spacial score (nSPS) is 11.5. The third kappa shape index (κ3) is 7.45. The number of para-hydroxylation sites is 2. The SMILES string of the molecule is c1ccc(-c2nc(Cc3cc(-c4c(-c5ccccc5)cccc4-c4ccccc4)ccc3Cc3cccc4sc5ccc6c7ccccc7n(-c7ccccc7)c6c5c34)nc(-c3ccccc3)n2)cc1. The predicted molar refractivity (Wildman–Crippen MR) is 293 cm³/mol. The minimum Gasteiger partial charge on any atom is -0.309 e. The van der Waals surface area contributed by atoms with Crippen molar-refractivity contribution in [1.82, 2.24) is 19.5 Å². The summed E-state index contributed by atoms with van der Waals surface area (Å²) in [5.41, 5.74) is 16.3. The number of hydrogen-bond acceptors (Lipinski definition) is 4. The number of hydrogen-bond donors (Lipinski definition) is 0. The van der Waals surface area contributed by atoms with Gasteiger partial charge in [0.25, 0.3) is 0 Å². The lowest BCUT2D eigenvalue weighted by Crippen LogP contribution is -2.06. The van der Waals surface area contributed by atoms with E-state index in [1.165, 1.54) is 86.5 Å². The van der Waals surface area contributed by atoms with E-state index >= 15 is 0 Å². The van der Waals surface area contributed by atoms with Crippen LogP contribution in [0.2, 0.25) is 0 Å². The lowest BCUT2D eigenvalue weighted by atomic mass is 9.85. The van der Waals surface area contributed by atoms with Gasteiger partial charge in [0.15, 0.2) is 11.6 Å². The molecule has 10 aromatic carbocycles. The van der Waals surface area contributed by atoms with E-state index in [0.717, 1.165) is 34.6 Å². The molecule has 0 saturated carbocycles. The summed E-state index contributed by atoms with van der Waals surface area (Å²) in [6.07, 6.45) is 1.22. The molecule has 13 rings (SSSR count). The Morgan fingerprint density at radius 3 is 1.56 bits per heavy atom. The molecule has 13 aromatic rings. The van der Waals surface area contributed by atoms with Crippen molar-refractivity contribution >= 4 is 53.3 Å². The molecular weight excluding hydrogens is 869 g/mol. The van der Waals surface area contributed by atoms with Crippen molar-refractivity contribution in [3.8, 4) is 61.8 Å². The summed E-state index contributed by atoms with van der Waals surface area (Å²) in [6.45, 7) is 0. The van der Waals surface area contributed by atoms with Gasteiger partial charge in [-0.15, -0.1) is 11.3 Å². The molecule has 4 nitrogen and oxygen atoms in total. The van der Waals surface area contributed by atoms with Crippen molar-refractivity contribution in [2.75, 3.05) is 0 Å². The van der Waals surface area contributed by atoms with E-state index in [9.17, 15) is 0 Å². The standard InChI is InChI=1S/C65H44N4S/c1-6-20-43(21-7-1)52-32-19-33-53(44-22-8-2-9-23-44)60(52)49-37-36-47(50(41-49)42-59-66-64(45-24-10-3-11-25-45)68-65(67-59)46-26-12-4-13-27-46)40-48-28-18-35-57-61(48)62-58(70-57)39-38-55-54-31-16-17-34-56(54)69(63(55)62)51-29-14-5-15-30-51/h1-39,41H,40,42H2. The topological polar surface area (TPSA) is 43.6 Å². The Morgan fingerprint density at radius 1 is 0.357 bits per heavy atom. The van der Waals surface area contributed by atoms with Crippen LogP contribution in [-0.2, 0) is 12.8 Å². The fourth-order valence-electron chi connectivity index (χ4n) is 10.4. The van der Waals surface area contributed by atoms with Gasteiger partial charge >= 0.3 is 0 Å². The molecule has 0 bridgehead atoms. The predicted octanol–water partition coefficient (Wildman–Crippen LogP) is 16.9. The Morgan fingerprint density at radius 2 is 0.914 bits per heavy atom. The summed E-state index contributed by atoms with van der Waals surface area (Å²) in [4.78, 5) is 15.6. The Labute approximate surface area is 410 Å². The number of thiophene rings is 1. The molecular formula is C65H44N4S. The van der Waals surface area contributed by atoms with Crippen LogP contribution >= 0.6 is 11.3 Å². The maximum absolute atomic E-state index is 5.26. The van der Waals surface area contributed by atoms with Crippen molar-refractivity contribution < 1.29 is 0 Å². The third-order valence-corrected chi connectivity index (χ3v) is 14.7. The van der Waals surface area contributed by atoms with Gasteiger partial charge in [-0.3, -0.25) is 0 Å². The first-order valence-electron chi connectivity index (χ1n) is 23.9. The van der Waals surface area contributed by atoms with Gasteiger partial charge in [0.05, 0.1) is 11.0 Å². The van der Waals surface area contributed by atoms with E-state index in [0.29, 0.717) is 18.1 Å². The monoisotopic (exact) mass is 912 g/mol.